The molecule has 2 heterocycles. The lowest BCUT2D eigenvalue weighted by Crippen LogP contribution is -2.45. The Bertz CT molecular complexity index is 1260. The Balaban J connectivity index is 1.15. The Morgan fingerprint density at radius 2 is 1.78 bits per heavy atom. The second-order valence-corrected chi connectivity index (χ2v) is 8.08. The summed E-state index contributed by atoms with van der Waals surface area (Å²) in [7, 11) is 0. The first-order valence-corrected chi connectivity index (χ1v) is 10.7. The highest BCUT2D eigenvalue weighted by molar-refractivity contribution is 5.95. The summed E-state index contributed by atoms with van der Waals surface area (Å²) in [5.74, 6) is 0.290. The number of anilines is 1. The van der Waals surface area contributed by atoms with Gasteiger partial charge in [-0.3, -0.25) is 14.6 Å². The van der Waals surface area contributed by atoms with Gasteiger partial charge < -0.3 is 15.2 Å². The number of benzene rings is 2. The van der Waals surface area contributed by atoms with Crippen molar-refractivity contribution in [1.82, 2.24) is 19.9 Å². The van der Waals surface area contributed by atoms with E-state index in [4.69, 9.17) is 0 Å². The maximum atomic E-state index is 12.6. The molecular formula is C25H23N5O2. The second kappa shape index (κ2) is 8.63. The van der Waals surface area contributed by atoms with Crippen molar-refractivity contribution in [1.29, 1.82) is 0 Å². The third kappa shape index (κ3) is 4.23. The number of nitrogens with zero attached hydrogens (tertiary/aromatic N) is 3. The fraction of sp³-hybridized carbons (Fsp3) is 0.200. The number of amides is 2. The number of nitrogens with one attached hydrogen (secondary N) is 2. The van der Waals surface area contributed by atoms with Crippen LogP contribution in [0.3, 0.4) is 0 Å². The average Bonchev–Trinajstić information content (AvgIpc) is 3.24. The van der Waals surface area contributed by atoms with Gasteiger partial charge in [0.05, 0.1) is 12.7 Å². The molecule has 32 heavy (non-hydrogen) atoms. The number of pyridine rings is 1. The van der Waals surface area contributed by atoms with Crippen LogP contribution in [0.4, 0.5) is 5.82 Å². The highest BCUT2D eigenvalue weighted by atomic mass is 16.2. The van der Waals surface area contributed by atoms with Crippen molar-refractivity contribution in [2.24, 2.45) is 0 Å². The Morgan fingerprint density at radius 3 is 2.62 bits per heavy atom. The van der Waals surface area contributed by atoms with Crippen LogP contribution in [0, 0.1) is 0 Å². The normalized spacial score (nSPS) is 17.5. The van der Waals surface area contributed by atoms with Gasteiger partial charge in [0.1, 0.15) is 5.69 Å². The average molecular weight is 425 g/mol. The summed E-state index contributed by atoms with van der Waals surface area (Å²) >= 11 is 0. The largest absolute Gasteiger partial charge is 0.348 e. The molecule has 7 heteroatoms. The minimum Gasteiger partial charge on any atom is -0.348 e. The van der Waals surface area contributed by atoms with Gasteiger partial charge in [0, 0.05) is 24.5 Å². The van der Waals surface area contributed by atoms with E-state index in [-0.39, 0.29) is 23.9 Å². The number of imidazole rings is 1. The van der Waals surface area contributed by atoms with Gasteiger partial charge >= 0.3 is 0 Å². The lowest BCUT2D eigenvalue weighted by molar-refractivity contribution is -0.115. The van der Waals surface area contributed by atoms with Crippen LogP contribution in [0.15, 0.2) is 79.4 Å². The quantitative estimate of drug-likeness (QED) is 0.492. The molecule has 0 atom stereocenters. The number of aromatic nitrogens is 3. The van der Waals surface area contributed by atoms with Crippen molar-refractivity contribution in [2.45, 2.75) is 31.3 Å². The molecule has 4 aromatic rings. The summed E-state index contributed by atoms with van der Waals surface area (Å²) in [4.78, 5) is 33.2. The zero-order chi connectivity index (χ0) is 21.9. The minimum atomic E-state index is -0.152. The Morgan fingerprint density at radius 1 is 0.969 bits per heavy atom. The number of hydrogen-bond acceptors (Lipinski definition) is 4. The third-order valence-electron chi connectivity index (χ3n) is 5.87. The van der Waals surface area contributed by atoms with Crippen LogP contribution in [0.1, 0.15) is 34.9 Å². The molecule has 1 fully saturated rings. The van der Waals surface area contributed by atoms with Gasteiger partial charge in [-0.2, -0.15) is 0 Å². The first kappa shape index (κ1) is 19.9. The van der Waals surface area contributed by atoms with E-state index in [2.05, 4.69) is 20.6 Å². The van der Waals surface area contributed by atoms with E-state index in [1.807, 2.05) is 53.2 Å². The molecule has 0 radical (unpaired) electrons. The van der Waals surface area contributed by atoms with Crippen LogP contribution in [0.25, 0.3) is 10.8 Å². The van der Waals surface area contributed by atoms with Gasteiger partial charge in [-0.1, -0.05) is 48.5 Å². The fourth-order valence-corrected chi connectivity index (χ4v) is 4.11. The summed E-state index contributed by atoms with van der Waals surface area (Å²) < 4.78 is 2.00. The molecule has 0 saturated heterocycles. The molecular weight excluding hydrogens is 402 g/mol. The molecule has 5 rings (SSSR count). The minimum absolute atomic E-state index is 0.0966. The molecule has 160 valence electrons. The highest BCUT2D eigenvalue weighted by Gasteiger charge is 2.32. The first-order valence-electron chi connectivity index (χ1n) is 10.7. The smallest absolute Gasteiger partial charge is 0.270 e. The standard InChI is InChI=1S/C25H23N5O2/c31-24(12-18-8-5-7-17-6-1-2-9-21(17)18)29-23-15-30(16-27-23)20-13-19(14-20)28-25(32)22-10-3-4-11-26-22/h1-11,15-16,19-20H,12-14H2,(H,28,32)(H,29,31). The summed E-state index contributed by atoms with van der Waals surface area (Å²) in [6, 6.07) is 19.7. The van der Waals surface area contributed by atoms with Crippen molar-refractivity contribution in [2.75, 3.05) is 5.32 Å². The van der Waals surface area contributed by atoms with Crippen molar-refractivity contribution in [3.05, 3.63) is 90.6 Å². The maximum Gasteiger partial charge on any atom is 0.270 e. The summed E-state index contributed by atoms with van der Waals surface area (Å²) in [5.41, 5.74) is 1.42. The van der Waals surface area contributed by atoms with Crippen molar-refractivity contribution < 1.29 is 9.59 Å². The number of carbonyl (C=O) groups is 2. The highest BCUT2D eigenvalue weighted by Crippen LogP contribution is 2.33. The predicted octanol–water partition coefficient (Wildman–Crippen LogP) is 3.75. The van der Waals surface area contributed by atoms with Crippen LogP contribution in [0.5, 0.6) is 0 Å². The zero-order valence-corrected chi connectivity index (χ0v) is 17.4. The van der Waals surface area contributed by atoms with Gasteiger partial charge in [0.2, 0.25) is 5.91 Å². The molecule has 1 aliphatic carbocycles. The van der Waals surface area contributed by atoms with Crippen LogP contribution in [-0.2, 0) is 11.2 Å². The van der Waals surface area contributed by atoms with E-state index in [0.717, 1.165) is 29.2 Å². The van der Waals surface area contributed by atoms with Gasteiger partial charge in [-0.05, 0) is 41.3 Å². The summed E-state index contributed by atoms with van der Waals surface area (Å²) in [6.07, 6.45) is 7.12. The van der Waals surface area contributed by atoms with Crippen molar-refractivity contribution >= 4 is 28.4 Å². The number of hydrogen-bond donors (Lipinski definition) is 2. The molecule has 1 aliphatic rings. The molecule has 2 N–H and O–H groups in total. The molecule has 2 aromatic heterocycles. The van der Waals surface area contributed by atoms with Gasteiger partial charge in [0.25, 0.3) is 5.91 Å². The molecule has 0 bridgehead atoms. The molecule has 7 nitrogen and oxygen atoms in total. The second-order valence-electron chi connectivity index (χ2n) is 8.08. The van der Waals surface area contributed by atoms with Crippen LogP contribution < -0.4 is 10.6 Å². The van der Waals surface area contributed by atoms with Crippen molar-refractivity contribution in [3.63, 3.8) is 0 Å². The van der Waals surface area contributed by atoms with Crippen LogP contribution in [-0.4, -0.2) is 32.4 Å². The number of carbonyl (C=O) groups excluding carboxylic acids is 2. The Kier molecular flexibility index (Phi) is 5.37. The van der Waals surface area contributed by atoms with Gasteiger partial charge in [-0.25, -0.2) is 4.98 Å². The molecule has 0 spiro atoms. The molecule has 0 aliphatic heterocycles. The zero-order valence-electron chi connectivity index (χ0n) is 17.4. The van der Waals surface area contributed by atoms with Crippen molar-refractivity contribution in [3.8, 4) is 0 Å². The molecule has 1 saturated carbocycles. The van der Waals surface area contributed by atoms with Gasteiger partial charge in [-0.15, -0.1) is 0 Å². The monoisotopic (exact) mass is 425 g/mol. The maximum absolute atomic E-state index is 12.6. The van der Waals surface area contributed by atoms with E-state index in [1.54, 1.807) is 30.7 Å². The topological polar surface area (TPSA) is 88.9 Å². The first-order chi connectivity index (χ1) is 15.7. The lowest BCUT2D eigenvalue weighted by Gasteiger charge is -2.36. The van der Waals surface area contributed by atoms with E-state index in [9.17, 15) is 9.59 Å². The Labute approximate surface area is 185 Å². The predicted molar refractivity (Wildman–Crippen MR) is 122 cm³/mol. The summed E-state index contributed by atoms with van der Waals surface area (Å²) in [5, 5.41) is 8.11. The molecule has 0 unspecified atom stereocenters. The van der Waals surface area contributed by atoms with E-state index in [0.29, 0.717) is 17.9 Å². The Hall–Kier alpha value is -4.00. The third-order valence-corrected chi connectivity index (χ3v) is 5.87. The number of rotatable bonds is 6. The van der Waals surface area contributed by atoms with Gasteiger partial charge in [0.15, 0.2) is 5.82 Å². The molecule has 2 aromatic carbocycles. The summed E-state index contributed by atoms with van der Waals surface area (Å²) in [6.45, 7) is 0. The lowest BCUT2D eigenvalue weighted by atomic mass is 9.86. The number of fused-ring (bicyclic) bond motifs is 1. The van der Waals surface area contributed by atoms with Crippen LogP contribution in [0.2, 0.25) is 0 Å². The van der Waals surface area contributed by atoms with E-state index < -0.39 is 0 Å². The fourth-order valence-electron chi connectivity index (χ4n) is 4.11. The molecule has 2 amide bonds. The van der Waals surface area contributed by atoms with E-state index >= 15 is 0 Å². The van der Waals surface area contributed by atoms with Crippen LogP contribution >= 0.6 is 0 Å². The SMILES string of the molecule is O=C(Cc1cccc2ccccc12)Nc1cn(C2CC(NC(=O)c3ccccn3)C2)cn1. The van der Waals surface area contributed by atoms with E-state index in [1.165, 1.54) is 0 Å².